The number of hydrogen-bond acceptors (Lipinski definition) is 3. The summed E-state index contributed by atoms with van der Waals surface area (Å²) in [5.41, 5.74) is -0.101. The first-order valence-corrected chi connectivity index (χ1v) is 10.1. The highest BCUT2D eigenvalue weighted by atomic mass is 32.2. The van der Waals surface area contributed by atoms with Crippen molar-refractivity contribution < 1.29 is 8.42 Å². The van der Waals surface area contributed by atoms with Gasteiger partial charge in [-0.3, -0.25) is 0 Å². The molecule has 0 amide bonds. The maximum Gasteiger partial charge on any atom is 0.214 e. The summed E-state index contributed by atoms with van der Waals surface area (Å²) in [5, 5.41) is 3.42. The maximum absolute atomic E-state index is 12.5. The lowest BCUT2D eigenvalue weighted by Crippen LogP contribution is -2.64. The zero-order valence-corrected chi connectivity index (χ0v) is 14.4. The highest BCUT2D eigenvalue weighted by Gasteiger charge is 2.53. The van der Waals surface area contributed by atoms with Crippen LogP contribution in [0.2, 0.25) is 0 Å². The van der Waals surface area contributed by atoms with Crippen LogP contribution in [0, 0.1) is 11.8 Å². The van der Waals surface area contributed by atoms with Gasteiger partial charge in [-0.1, -0.05) is 13.8 Å². The van der Waals surface area contributed by atoms with Gasteiger partial charge in [-0.15, -0.1) is 0 Å². The molecule has 4 unspecified atom stereocenters. The predicted molar refractivity (Wildman–Crippen MR) is 85.6 cm³/mol. The minimum absolute atomic E-state index is 0.106. The lowest BCUT2D eigenvalue weighted by Gasteiger charge is -2.55. The van der Waals surface area contributed by atoms with Crippen LogP contribution in [0.1, 0.15) is 65.2 Å². The molecule has 0 aromatic rings. The first kappa shape index (κ1) is 15.8. The summed E-state index contributed by atoms with van der Waals surface area (Å²) < 4.78 is 28.2. The van der Waals surface area contributed by atoms with Gasteiger partial charge in [-0.05, 0) is 70.3 Å². The normalized spacial score (nSPS) is 43.8. The van der Waals surface area contributed by atoms with Crippen LogP contribution >= 0.6 is 0 Å². The topological polar surface area (TPSA) is 58.2 Å². The Bertz CT molecular complexity index is 492. The van der Waals surface area contributed by atoms with Crippen LogP contribution < -0.4 is 10.0 Å². The molecular formula is C16H30N2O2S. The lowest BCUT2D eigenvalue weighted by atomic mass is 9.58. The van der Waals surface area contributed by atoms with E-state index in [1.165, 1.54) is 12.8 Å². The fourth-order valence-electron chi connectivity index (χ4n) is 5.13. The summed E-state index contributed by atoms with van der Waals surface area (Å²) in [7, 11) is -1.08. The Balaban J connectivity index is 1.88. The number of fused-ring (bicyclic) bond motifs is 2. The van der Waals surface area contributed by atoms with E-state index < -0.39 is 10.0 Å². The minimum atomic E-state index is -3.11. The zero-order valence-electron chi connectivity index (χ0n) is 13.6. The molecule has 3 aliphatic carbocycles. The summed E-state index contributed by atoms with van der Waals surface area (Å²) in [4.78, 5) is 0. The average molecular weight is 314 g/mol. The van der Waals surface area contributed by atoms with Gasteiger partial charge in [-0.2, -0.15) is 0 Å². The van der Waals surface area contributed by atoms with Crippen molar-refractivity contribution >= 4 is 10.0 Å². The number of hydrogen-bond donors (Lipinski definition) is 2. The molecule has 122 valence electrons. The predicted octanol–water partition coefficient (Wildman–Crippen LogP) is 2.41. The molecule has 5 heteroatoms. The second kappa shape index (κ2) is 5.20. The Morgan fingerprint density at radius 2 is 1.90 bits per heavy atom. The molecule has 0 aliphatic heterocycles. The first-order valence-electron chi connectivity index (χ1n) is 8.54. The number of rotatable bonds is 5. The lowest BCUT2D eigenvalue weighted by molar-refractivity contribution is 0.0348. The average Bonchev–Trinajstić information content (AvgIpc) is 3.20. The van der Waals surface area contributed by atoms with Crippen molar-refractivity contribution in [2.75, 3.05) is 7.05 Å². The molecular weight excluding hydrogens is 284 g/mol. The van der Waals surface area contributed by atoms with Crippen molar-refractivity contribution in [2.24, 2.45) is 11.8 Å². The highest BCUT2D eigenvalue weighted by molar-refractivity contribution is 7.90. The Labute approximate surface area is 129 Å². The van der Waals surface area contributed by atoms with E-state index in [9.17, 15) is 8.42 Å². The van der Waals surface area contributed by atoms with Gasteiger partial charge in [0.25, 0.3) is 0 Å². The van der Waals surface area contributed by atoms with E-state index >= 15 is 0 Å². The molecule has 3 aliphatic rings. The molecule has 2 bridgehead atoms. The van der Waals surface area contributed by atoms with Crippen LogP contribution in [0.15, 0.2) is 0 Å². The van der Waals surface area contributed by atoms with Crippen molar-refractivity contribution in [3.05, 3.63) is 0 Å². The van der Waals surface area contributed by atoms with E-state index in [2.05, 4.69) is 23.9 Å². The molecule has 0 spiro atoms. The second-order valence-corrected chi connectivity index (χ2v) is 9.97. The van der Waals surface area contributed by atoms with E-state index in [0.29, 0.717) is 11.8 Å². The van der Waals surface area contributed by atoms with E-state index in [-0.39, 0.29) is 16.3 Å². The van der Waals surface area contributed by atoms with Gasteiger partial charge in [0.2, 0.25) is 10.0 Å². The SMILES string of the molecule is CCC1(NC)CC2CC(C)CC(NS(=O)(=O)C3CC3)(C2)C1. The van der Waals surface area contributed by atoms with Gasteiger partial charge in [0.15, 0.2) is 0 Å². The molecule has 0 aromatic heterocycles. The van der Waals surface area contributed by atoms with E-state index in [1.807, 2.05) is 7.05 Å². The smallest absolute Gasteiger partial charge is 0.214 e. The Hall–Kier alpha value is -0.130. The molecule has 0 heterocycles. The van der Waals surface area contributed by atoms with Crippen LogP contribution in [-0.4, -0.2) is 31.8 Å². The number of sulfonamides is 1. The van der Waals surface area contributed by atoms with Crippen LogP contribution in [0.3, 0.4) is 0 Å². The van der Waals surface area contributed by atoms with Gasteiger partial charge in [0.05, 0.1) is 5.25 Å². The van der Waals surface area contributed by atoms with E-state index in [1.54, 1.807) is 0 Å². The van der Waals surface area contributed by atoms with E-state index in [0.717, 1.165) is 38.5 Å². The second-order valence-electron chi connectivity index (χ2n) is 8.01. The molecule has 2 N–H and O–H groups in total. The van der Waals surface area contributed by atoms with Crippen LogP contribution in [-0.2, 0) is 10.0 Å². The molecule has 0 saturated heterocycles. The van der Waals surface area contributed by atoms with Gasteiger partial charge in [-0.25, -0.2) is 13.1 Å². The molecule has 3 fully saturated rings. The van der Waals surface area contributed by atoms with Gasteiger partial charge in [0.1, 0.15) is 0 Å². The van der Waals surface area contributed by atoms with Crippen molar-refractivity contribution in [1.82, 2.24) is 10.0 Å². The summed E-state index contributed by atoms with van der Waals surface area (Å²) in [6, 6.07) is 0. The maximum atomic E-state index is 12.5. The molecule has 4 nitrogen and oxygen atoms in total. The van der Waals surface area contributed by atoms with Crippen LogP contribution in [0.5, 0.6) is 0 Å². The van der Waals surface area contributed by atoms with Crippen molar-refractivity contribution in [3.8, 4) is 0 Å². The quantitative estimate of drug-likeness (QED) is 0.819. The van der Waals surface area contributed by atoms with Crippen LogP contribution in [0.4, 0.5) is 0 Å². The van der Waals surface area contributed by atoms with Crippen LogP contribution in [0.25, 0.3) is 0 Å². The van der Waals surface area contributed by atoms with Crippen molar-refractivity contribution in [3.63, 3.8) is 0 Å². The summed E-state index contributed by atoms with van der Waals surface area (Å²) >= 11 is 0. The molecule has 3 rings (SSSR count). The van der Waals surface area contributed by atoms with Crippen molar-refractivity contribution in [1.29, 1.82) is 0 Å². The monoisotopic (exact) mass is 314 g/mol. The molecule has 3 saturated carbocycles. The minimum Gasteiger partial charge on any atom is -0.314 e. The summed E-state index contributed by atoms with van der Waals surface area (Å²) in [6.07, 6.45) is 8.17. The third-order valence-corrected chi connectivity index (χ3v) is 8.11. The Morgan fingerprint density at radius 1 is 1.19 bits per heavy atom. The van der Waals surface area contributed by atoms with Gasteiger partial charge < -0.3 is 5.32 Å². The zero-order chi connectivity index (χ0) is 15.3. The number of nitrogens with one attached hydrogen (secondary N) is 2. The molecule has 21 heavy (non-hydrogen) atoms. The highest BCUT2D eigenvalue weighted by Crippen LogP contribution is 2.50. The fourth-order valence-corrected chi connectivity index (χ4v) is 6.90. The summed E-state index contributed by atoms with van der Waals surface area (Å²) in [5.74, 6) is 1.27. The Morgan fingerprint density at radius 3 is 2.48 bits per heavy atom. The molecule has 0 radical (unpaired) electrons. The van der Waals surface area contributed by atoms with Crippen molar-refractivity contribution in [2.45, 2.75) is 81.5 Å². The molecule has 4 atom stereocenters. The third-order valence-electron chi connectivity index (χ3n) is 6.04. The first-order chi connectivity index (χ1) is 9.82. The largest absolute Gasteiger partial charge is 0.314 e. The third kappa shape index (κ3) is 3.02. The molecule has 0 aromatic carbocycles. The standard InChI is InChI=1S/C16H30N2O2S/c1-4-15(17-3)9-13-7-12(2)8-16(10-13,11-15)18-21(19,20)14-5-6-14/h12-14,17-18H,4-11H2,1-3H3. The van der Waals surface area contributed by atoms with Gasteiger partial charge >= 0.3 is 0 Å². The van der Waals surface area contributed by atoms with Gasteiger partial charge in [0, 0.05) is 11.1 Å². The van der Waals surface area contributed by atoms with E-state index in [4.69, 9.17) is 0 Å². The Kier molecular flexibility index (Phi) is 3.90. The fraction of sp³-hybridized carbons (Fsp3) is 1.00. The summed E-state index contributed by atoms with van der Waals surface area (Å²) in [6.45, 7) is 4.51.